The molecule has 0 spiro atoms. The van der Waals surface area contributed by atoms with Crippen LogP contribution in [0.15, 0.2) is 67.1 Å². The summed E-state index contributed by atoms with van der Waals surface area (Å²) >= 11 is 0. The summed E-state index contributed by atoms with van der Waals surface area (Å²) in [5, 5.41) is 3.38. The molecule has 4 rings (SSSR count). The van der Waals surface area contributed by atoms with Gasteiger partial charge < -0.3 is 15.1 Å². The van der Waals surface area contributed by atoms with Crippen molar-refractivity contribution >= 4 is 17.7 Å². The van der Waals surface area contributed by atoms with Crippen LogP contribution in [0.1, 0.15) is 28.9 Å². The second kappa shape index (κ2) is 8.68. The van der Waals surface area contributed by atoms with Crippen LogP contribution in [0.3, 0.4) is 0 Å². The average molecular weight is 388 g/mol. The van der Waals surface area contributed by atoms with Gasteiger partial charge in [0, 0.05) is 56.4 Å². The summed E-state index contributed by atoms with van der Waals surface area (Å²) in [6, 6.07) is 15.7. The highest BCUT2D eigenvalue weighted by Gasteiger charge is 2.23. The minimum atomic E-state index is 0.0245. The van der Waals surface area contributed by atoms with Crippen molar-refractivity contribution in [3.63, 3.8) is 0 Å². The van der Waals surface area contributed by atoms with Crippen LogP contribution in [0, 0.1) is 0 Å². The molecule has 0 bridgehead atoms. The second-order valence-corrected chi connectivity index (χ2v) is 7.03. The minimum Gasteiger partial charge on any atom is -0.364 e. The number of benzene rings is 1. The molecular formula is C22H24N6O. The van der Waals surface area contributed by atoms with E-state index in [9.17, 15) is 4.79 Å². The summed E-state index contributed by atoms with van der Waals surface area (Å²) in [4.78, 5) is 29.9. The van der Waals surface area contributed by atoms with E-state index >= 15 is 0 Å². The van der Waals surface area contributed by atoms with Crippen molar-refractivity contribution in [1.29, 1.82) is 0 Å². The van der Waals surface area contributed by atoms with Crippen molar-refractivity contribution < 1.29 is 4.79 Å². The highest BCUT2D eigenvalue weighted by Crippen LogP contribution is 2.19. The van der Waals surface area contributed by atoms with Gasteiger partial charge in [-0.2, -0.15) is 0 Å². The first-order chi connectivity index (χ1) is 14.2. The zero-order valence-electron chi connectivity index (χ0n) is 16.4. The monoisotopic (exact) mass is 388 g/mol. The fourth-order valence-electron chi connectivity index (χ4n) is 3.44. The lowest BCUT2D eigenvalue weighted by Gasteiger charge is -2.34. The maximum Gasteiger partial charge on any atom is 0.254 e. The number of aromatic nitrogens is 3. The zero-order valence-corrected chi connectivity index (χ0v) is 16.4. The Labute approximate surface area is 170 Å². The highest BCUT2D eigenvalue weighted by atomic mass is 16.2. The normalized spacial score (nSPS) is 15.1. The number of carbonyl (C=O) groups is 1. The number of amides is 1. The van der Waals surface area contributed by atoms with Gasteiger partial charge in [0.2, 0.25) is 5.95 Å². The van der Waals surface area contributed by atoms with Crippen LogP contribution in [-0.4, -0.2) is 51.9 Å². The molecule has 1 aliphatic rings. The van der Waals surface area contributed by atoms with Gasteiger partial charge in [-0.15, -0.1) is 0 Å². The van der Waals surface area contributed by atoms with E-state index in [0.29, 0.717) is 30.4 Å². The number of carbonyl (C=O) groups excluding carboxylic acids is 1. The third kappa shape index (κ3) is 4.51. The number of anilines is 2. The van der Waals surface area contributed by atoms with E-state index in [4.69, 9.17) is 0 Å². The number of piperazine rings is 1. The van der Waals surface area contributed by atoms with Crippen LogP contribution in [0.2, 0.25) is 0 Å². The number of nitrogens with zero attached hydrogens (tertiary/aromatic N) is 5. The van der Waals surface area contributed by atoms with Crippen LogP contribution >= 0.6 is 0 Å². The van der Waals surface area contributed by atoms with Crippen molar-refractivity contribution in [2.75, 3.05) is 36.4 Å². The van der Waals surface area contributed by atoms with Crippen LogP contribution < -0.4 is 10.2 Å². The van der Waals surface area contributed by atoms with E-state index < -0.39 is 0 Å². The number of pyridine rings is 1. The predicted octanol–water partition coefficient (Wildman–Crippen LogP) is 3.01. The number of rotatable bonds is 5. The summed E-state index contributed by atoms with van der Waals surface area (Å²) < 4.78 is 0. The molecule has 1 aromatic carbocycles. The molecule has 29 heavy (non-hydrogen) atoms. The molecule has 1 atom stereocenters. The molecule has 1 fully saturated rings. The first-order valence-corrected chi connectivity index (χ1v) is 9.79. The SMILES string of the molecule is CC(Nc1cc(C(=O)N2CCN(c3ncccn3)CC2)ccn1)c1ccccc1. The van der Waals surface area contributed by atoms with Gasteiger partial charge in [-0.1, -0.05) is 30.3 Å². The number of hydrogen-bond donors (Lipinski definition) is 1. The van der Waals surface area contributed by atoms with Crippen LogP contribution in [0.5, 0.6) is 0 Å². The maximum absolute atomic E-state index is 13.0. The molecule has 3 heterocycles. The average Bonchev–Trinajstić information content (AvgIpc) is 2.80. The van der Waals surface area contributed by atoms with Crippen molar-refractivity contribution in [1.82, 2.24) is 19.9 Å². The van der Waals surface area contributed by atoms with Crippen molar-refractivity contribution in [3.8, 4) is 0 Å². The van der Waals surface area contributed by atoms with E-state index in [0.717, 1.165) is 13.1 Å². The Morgan fingerprint density at radius 3 is 2.38 bits per heavy atom. The Kier molecular flexibility index (Phi) is 5.65. The topological polar surface area (TPSA) is 74.2 Å². The first-order valence-electron chi connectivity index (χ1n) is 9.79. The summed E-state index contributed by atoms with van der Waals surface area (Å²) in [7, 11) is 0. The van der Waals surface area contributed by atoms with E-state index in [2.05, 4.69) is 44.2 Å². The molecule has 7 heteroatoms. The van der Waals surface area contributed by atoms with Gasteiger partial charge in [-0.3, -0.25) is 4.79 Å². The summed E-state index contributed by atoms with van der Waals surface area (Å²) in [5.41, 5.74) is 1.82. The lowest BCUT2D eigenvalue weighted by Crippen LogP contribution is -2.49. The Bertz CT molecular complexity index is 942. The summed E-state index contributed by atoms with van der Waals surface area (Å²) in [5.74, 6) is 1.44. The molecular weight excluding hydrogens is 364 g/mol. The summed E-state index contributed by atoms with van der Waals surface area (Å²) in [6.07, 6.45) is 5.16. The molecule has 3 aromatic rings. The molecule has 1 N–H and O–H groups in total. The largest absolute Gasteiger partial charge is 0.364 e. The fraction of sp³-hybridized carbons (Fsp3) is 0.273. The van der Waals surface area contributed by atoms with Crippen LogP contribution in [-0.2, 0) is 0 Å². The van der Waals surface area contributed by atoms with Gasteiger partial charge in [-0.25, -0.2) is 15.0 Å². The van der Waals surface area contributed by atoms with Gasteiger partial charge in [0.15, 0.2) is 0 Å². The Morgan fingerprint density at radius 1 is 0.931 bits per heavy atom. The molecule has 1 aliphatic heterocycles. The summed E-state index contributed by atoms with van der Waals surface area (Å²) in [6.45, 7) is 4.80. The van der Waals surface area contributed by atoms with E-state index in [1.54, 1.807) is 30.7 Å². The lowest BCUT2D eigenvalue weighted by atomic mass is 10.1. The fourth-order valence-corrected chi connectivity index (χ4v) is 3.44. The Hall–Kier alpha value is -3.48. The molecule has 2 aromatic heterocycles. The van der Waals surface area contributed by atoms with E-state index in [1.165, 1.54) is 5.56 Å². The van der Waals surface area contributed by atoms with E-state index in [1.807, 2.05) is 29.2 Å². The van der Waals surface area contributed by atoms with E-state index in [-0.39, 0.29) is 11.9 Å². The molecule has 1 saturated heterocycles. The smallest absolute Gasteiger partial charge is 0.254 e. The van der Waals surface area contributed by atoms with Gasteiger partial charge in [0.25, 0.3) is 5.91 Å². The quantitative estimate of drug-likeness (QED) is 0.724. The third-order valence-corrected chi connectivity index (χ3v) is 5.07. The van der Waals surface area contributed by atoms with Gasteiger partial charge in [0.05, 0.1) is 0 Å². The lowest BCUT2D eigenvalue weighted by molar-refractivity contribution is 0.0746. The second-order valence-electron chi connectivity index (χ2n) is 7.03. The van der Waals surface area contributed by atoms with Gasteiger partial charge in [0.1, 0.15) is 5.82 Å². The molecule has 0 radical (unpaired) electrons. The molecule has 7 nitrogen and oxygen atoms in total. The van der Waals surface area contributed by atoms with Crippen molar-refractivity contribution in [2.45, 2.75) is 13.0 Å². The minimum absolute atomic E-state index is 0.0245. The standard InChI is InChI=1S/C22H24N6O/c1-17(18-6-3-2-4-7-18)26-20-16-19(8-11-23-20)21(29)27-12-14-28(15-13-27)22-24-9-5-10-25-22/h2-11,16-17H,12-15H2,1H3,(H,23,26). The molecule has 0 aliphatic carbocycles. The molecule has 1 unspecified atom stereocenters. The van der Waals surface area contributed by atoms with Crippen molar-refractivity contribution in [2.24, 2.45) is 0 Å². The van der Waals surface area contributed by atoms with Gasteiger partial charge in [-0.05, 0) is 30.7 Å². The molecule has 0 saturated carbocycles. The third-order valence-electron chi connectivity index (χ3n) is 5.07. The molecule has 148 valence electrons. The highest BCUT2D eigenvalue weighted by molar-refractivity contribution is 5.95. The Balaban J connectivity index is 1.39. The molecule has 1 amide bonds. The number of hydrogen-bond acceptors (Lipinski definition) is 6. The van der Waals surface area contributed by atoms with Crippen LogP contribution in [0.25, 0.3) is 0 Å². The number of nitrogens with one attached hydrogen (secondary N) is 1. The first kappa shape index (κ1) is 18.9. The maximum atomic E-state index is 13.0. The zero-order chi connectivity index (χ0) is 20.1. The van der Waals surface area contributed by atoms with Crippen LogP contribution in [0.4, 0.5) is 11.8 Å². The predicted molar refractivity (Wildman–Crippen MR) is 113 cm³/mol. The van der Waals surface area contributed by atoms with Crippen molar-refractivity contribution in [3.05, 3.63) is 78.2 Å². The van der Waals surface area contributed by atoms with Gasteiger partial charge >= 0.3 is 0 Å². The Morgan fingerprint density at radius 2 is 1.66 bits per heavy atom.